The summed E-state index contributed by atoms with van der Waals surface area (Å²) in [5.74, 6) is 1.67. The molecule has 32 heavy (non-hydrogen) atoms. The molecule has 1 aliphatic rings. The zero-order chi connectivity index (χ0) is 22.7. The summed E-state index contributed by atoms with van der Waals surface area (Å²) in [4.78, 5) is 15.8. The van der Waals surface area contributed by atoms with Crippen molar-refractivity contribution in [3.05, 3.63) is 42.0 Å². The number of anilines is 2. The number of nitriles is 1. The van der Waals surface area contributed by atoms with E-state index in [-0.39, 0.29) is 17.9 Å². The second kappa shape index (κ2) is 9.22. The first-order chi connectivity index (χ1) is 15.5. The van der Waals surface area contributed by atoms with Crippen LogP contribution < -0.4 is 19.7 Å². The summed E-state index contributed by atoms with van der Waals surface area (Å²) in [5, 5.41) is 12.5. The number of piperidine rings is 1. The molecule has 0 atom stereocenters. The van der Waals surface area contributed by atoms with Gasteiger partial charge in [-0.3, -0.25) is 0 Å². The fraction of sp³-hybridized carbons (Fsp3) is 0.391. The van der Waals surface area contributed by atoms with Crippen LogP contribution in [-0.4, -0.2) is 47.3 Å². The summed E-state index contributed by atoms with van der Waals surface area (Å²) in [6.07, 6.45) is 2.92. The molecule has 1 N–H and O–H groups in total. The summed E-state index contributed by atoms with van der Waals surface area (Å²) in [6.45, 7) is 5.46. The highest BCUT2D eigenvalue weighted by Crippen LogP contribution is 2.30. The molecular weight excluding hydrogens is 411 g/mol. The fourth-order valence-corrected chi connectivity index (χ4v) is 3.67. The number of ether oxygens (including phenoxy) is 2. The van der Waals surface area contributed by atoms with Gasteiger partial charge in [0.1, 0.15) is 29.1 Å². The Labute approximate surface area is 186 Å². The largest absolute Gasteiger partial charge is 0.497 e. The molecule has 3 heterocycles. The minimum Gasteiger partial charge on any atom is -0.497 e. The van der Waals surface area contributed by atoms with Crippen LogP contribution in [0.3, 0.4) is 0 Å². The minimum absolute atomic E-state index is 0.0936. The predicted molar refractivity (Wildman–Crippen MR) is 120 cm³/mol. The number of pyridine rings is 1. The molecule has 0 amide bonds. The van der Waals surface area contributed by atoms with Gasteiger partial charge in [0.15, 0.2) is 23.2 Å². The molecule has 9 heteroatoms. The number of hydrogen-bond acceptors (Lipinski definition) is 8. The molecule has 0 radical (unpaired) electrons. The van der Waals surface area contributed by atoms with Crippen molar-refractivity contribution in [2.75, 3.05) is 30.4 Å². The van der Waals surface area contributed by atoms with Gasteiger partial charge in [-0.05, 0) is 26.0 Å². The molecule has 4 rings (SSSR count). The number of rotatable bonds is 6. The van der Waals surface area contributed by atoms with Crippen LogP contribution in [0.4, 0.5) is 16.0 Å². The van der Waals surface area contributed by atoms with Crippen molar-refractivity contribution in [3.8, 4) is 17.6 Å². The van der Waals surface area contributed by atoms with Crippen LogP contribution in [-0.2, 0) is 0 Å². The Kier molecular flexibility index (Phi) is 6.21. The molecule has 166 valence electrons. The summed E-state index contributed by atoms with van der Waals surface area (Å²) < 4.78 is 25.2. The van der Waals surface area contributed by atoms with Crippen molar-refractivity contribution < 1.29 is 13.9 Å². The van der Waals surface area contributed by atoms with Crippen molar-refractivity contribution in [3.63, 3.8) is 0 Å². The summed E-state index contributed by atoms with van der Waals surface area (Å²) in [6, 6.07) is 8.45. The maximum Gasteiger partial charge on any atom is 0.172 e. The first-order valence-corrected chi connectivity index (χ1v) is 10.6. The Morgan fingerprint density at radius 3 is 2.62 bits per heavy atom. The van der Waals surface area contributed by atoms with E-state index < -0.39 is 5.82 Å². The van der Waals surface area contributed by atoms with Crippen LogP contribution in [0, 0.1) is 17.1 Å². The van der Waals surface area contributed by atoms with Crippen molar-refractivity contribution in [2.24, 2.45) is 0 Å². The Morgan fingerprint density at radius 1 is 1.19 bits per heavy atom. The van der Waals surface area contributed by atoms with Crippen LogP contribution in [0.15, 0.2) is 30.5 Å². The normalized spacial score (nSPS) is 14.4. The highest BCUT2D eigenvalue weighted by Gasteiger charge is 2.25. The molecule has 0 unspecified atom stereocenters. The zero-order valence-electron chi connectivity index (χ0n) is 18.3. The monoisotopic (exact) mass is 436 g/mol. The second-order valence-electron chi connectivity index (χ2n) is 7.97. The number of methoxy groups -OCH3 is 1. The number of nitrogens with zero attached hydrogens (tertiary/aromatic N) is 5. The maximum absolute atomic E-state index is 14.2. The second-order valence-corrected chi connectivity index (χ2v) is 7.97. The van der Waals surface area contributed by atoms with Crippen molar-refractivity contribution in [1.29, 1.82) is 5.26 Å². The number of nitrogens with one attached hydrogen (secondary N) is 1. The van der Waals surface area contributed by atoms with E-state index >= 15 is 0 Å². The number of halogens is 1. The maximum atomic E-state index is 14.2. The van der Waals surface area contributed by atoms with E-state index in [0.717, 1.165) is 18.7 Å². The lowest BCUT2D eigenvalue weighted by molar-refractivity contribution is 0.163. The molecule has 1 saturated heterocycles. The average molecular weight is 436 g/mol. The molecule has 1 aromatic carbocycles. The molecule has 0 bridgehead atoms. The highest BCUT2D eigenvalue weighted by molar-refractivity contribution is 5.80. The van der Waals surface area contributed by atoms with Gasteiger partial charge < -0.3 is 19.7 Å². The Hall–Kier alpha value is -3.67. The van der Waals surface area contributed by atoms with Gasteiger partial charge in [0.2, 0.25) is 0 Å². The van der Waals surface area contributed by atoms with Crippen molar-refractivity contribution in [1.82, 2.24) is 15.0 Å². The fourth-order valence-electron chi connectivity index (χ4n) is 3.67. The SMILES string of the molecule is COc1ccc(OC2CCN(c3nc4cnc(C#N)cc4nc3NC(C)C)CC2)c(F)c1. The van der Waals surface area contributed by atoms with Gasteiger partial charge in [-0.2, -0.15) is 5.26 Å². The smallest absolute Gasteiger partial charge is 0.172 e. The highest BCUT2D eigenvalue weighted by atomic mass is 19.1. The third-order valence-corrected chi connectivity index (χ3v) is 5.25. The lowest BCUT2D eigenvalue weighted by atomic mass is 10.1. The topological polar surface area (TPSA) is 96.2 Å². The lowest BCUT2D eigenvalue weighted by Gasteiger charge is -2.34. The van der Waals surface area contributed by atoms with Gasteiger partial charge in [-0.15, -0.1) is 0 Å². The van der Waals surface area contributed by atoms with Gasteiger partial charge in [0, 0.05) is 44.1 Å². The first-order valence-electron chi connectivity index (χ1n) is 10.6. The first kappa shape index (κ1) is 21.6. The molecule has 0 aliphatic carbocycles. The standard InChI is InChI=1S/C23H25FN6O2/c1-14(2)27-22-23(29-20-13-26-15(12-25)10-19(20)28-22)30-8-6-16(7-9-30)32-21-5-4-17(31-3)11-18(21)24/h4-5,10-11,13-14,16H,6-9H2,1-3H3,(H,27,28). The molecular formula is C23H25FN6O2. The van der Waals surface area contributed by atoms with Gasteiger partial charge in [0.25, 0.3) is 0 Å². The Morgan fingerprint density at radius 2 is 1.97 bits per heavy atom. The summed E-state index contributed by atoms with van der Waals surface area (Å²) >= 11 is 0. The van der Waals surface area contributed by atoms with E-state index in [2.05, 4.69) is 15.2 Å². The van der Waals surface area contributed by atoms with Gasteiger partial charge in [-0.25, -0.2) is 19.3 Å². The van der Waals surface area contributed by atoms with E-state index in [1.54, 1.807) is 24.4 Å². The van der Waals surface area contributed by atoms with Crippen LogP contribution in [0.25, 0.3) is 11.0 Å². The van der Waals surface area contributed by atoms with Crippen molar-refractivity contribution in [2.45, 2.75) is 38.8 Å². The number of benzene rings is 1. The van der Waals surface area contributed by atoms with Crippen LogP contribution in [0.2, 0.25) is 0 Å². The molecule has 1 fully saturated rings. The van der Waals surface area contributed by atoms with Crippen LogP contribution in [0.5, 0.6) is 11.5 Å². The van der Waals surface area contributed by atoms with E-state index in [4.69, 9.17) is 24.7 Å². The minimum atomic E-state index is -0.431. The third-order valence-electron chi connectivity index (χ3n) is 5.25. The van der Waals surface area contributed by atoms with Gasteiger partial charge in [0.05, 0.1) is 18.8 Å². The third kappa shape index (κ3) is 4.64. The Bertz CT molecular complexity index is 1160. The van der Waals surface area contributed by atoms with Gasteiger partial charge in [-0.1, -0.05) is 0 Å². The van der Waals surface area contributed by atoms with Crippen molar-refractivity contribution >= 4 is 22.7 Å². The molecule has 0 spiro atoms. The summed E-state index contributed by atoms with van der Waals surface area (Å²) in [5.41, 5.74) is 1.56. The number of fused-ring (bicyclic) bond motifs is 1. The summed E-state index contributed by atoms with van der Waals surface area (Å²) in [7, 11) is 1.50. The predicted octanol–water partition coefficient (Wildman–Crippen LogP) is 3.91. The quantitative estimate of drug-likeness (QED) is 0.621. The molecule has 0 saturated carbocycles. The number of aromatic nitrogens is 3. The van der Waals surface area contributed by atoms with E-state index in [9.17, 15) is 4.39 Å². The lowest BCUT2D eigenvalue weighted by Crippen LogP contribution is -2.39. The van der Waals surface area contributed by atoms with E-state index in [1.165, 1.54) is 13.2 Å². The zero-order valence-corrected chi connectivity index (χ0v) is 18.3. The molecule has 1 aliphatic heterocycles. The Balaban J connectivity index is 1.52. The van der Waals surface area contributed by atoms with Gasteiger partial charge >= 0.3 is 0 Å². The van der Waals surface area contributed by atoms with Crippen LogP contribution >= 0.6 is 0 Å². The number of hydrogen-bond donors (Lipinski definition) is 1. The average Bonchev–Trinajstić information content (AvgIpc) is 2.79. The van der Waals surface area contributed by atoms with Crippen LogP contribution in [0.1, 0.15) is 32.4 Å². The van der Waals surface area contributed by atoms with E-state index in [0.29, 0.717) is 41.4 Å². The van der Waals surface area contributed by atoms with E-state index in [1.807, 2.05) is 19.9 Å². The molecule has 8 nitrogen and oxygen atoms in total. The molecule has 3 aromatic rings. The molecule has 2 aromatic heterocycles.